The highest BCUT2D eigenvalue weighted by Gasteiger charge is 2.56. The van der Waals surface area contributed by atoms with Crippen LogP contribution in [0.1, 0.15) is 27.7 Å². The molecule has 0 bridgehead atoms. The molecule has 2 amide bonds. The van der Waals surface area contributed by atoms with Gasteiger partial charge >= 0.3 is 5.97 Å². The number of benzene rings is 1. The molecule has 1 aromatic carbocycles. The first-order valence-electron chi connectivity index (χ1n) is 9.27. The van der Waals surface area contributed by atoms with Crippen LogP contribution in [-0.2, 0) is 29.1 Å². The molecule has 31 heavy (non-hydrogen) atoms. The van der Waals surface area contributed by atoms with E-state index in [1.807, 2.05) is 0 Å². The number of hydrogen-bond acceptors (Lipinski definition) is 6. The summed E-state index contributed by atoms with van der Waals surface area (Å²) in [7, 11) is 3.77. The highest BCUT2D eigenvalue weighted by atomic mass is 35.7. The Bertz CT molecular complexity index is 902. The number of likely N-dealkylation sites (tertiary alicyclic amines) is 1. The van der Waals surface area contributed by atoms with Gasteiger partial charge in [0.25, 0.3) is 0 Å². The highest BCUT2D eigenvalue weighted by Crippen LogP contribution is 2.31. The minimum absolute atomic E-state index is 0.0308. The Morgan fingerprint density at radius 1 is 1.32 bits per heavy atom. The number of nitrogens with zero attached hydrogens (tertiary/aromatic N) is 1. The molecule has 0 saturated carbocycles. The van der Waals surface area contributed by atoms with Crippen LogP contribution in [0.25, 0.3) is 0 Å². The number of β-lactam (4-membered cyclic amide) rings is 1. The van der Waals surface area contributed by atoms with Crippen LogP contribution >= 0.6 is 34.0 Å². The monoisotopic (exact) mass is 506 g/mol. The zero-order valence-corrected chi connectivity index (χ0v) is 20.7. The summed E-state index contributed by atoms with van der Waals surface area (Å²) in [6.07, 6.45) is 0. The van der Waals surface area contributed by atoms with E-state index >= 15 is 0 Å². The lowest BCUT2D eigenvalue weighted by Crippen LogP contribution is -2.75. The second-order valence-corrected chi connectivity index (χ2v) is 11.3. The summed E-state index contributed by atoms with van der Waals surface area (Å²) >= 11 is 7.09. The Balaban J connectivity index is 2.09. The van der Waals surface area contributed by atoms with Gasteiger partial charge in [-0.15, -0.1) is 11.8 Å². The van der Waals surface area contributed by atoms with E-state index in [0.29, 0.717) is 10.6 Å². The van der Waals surface area contributed by atoms with Crippen LogP contribution in [0.2, 0.25) is 5.02 Å². The van der Waals surface area contributed by atoms with Crippen molar-refractivity contribution in [1.29, 1.82) is 0 Å². The number of thioether (sulfide) groups is 1. The molecule has 1 heterocycles. The standard InChI is InChI=1S/C20H24Cl2N2O5S2/c1-11(2)16(19(27)29-20(3,4)5)24-17(26)15(18(24)31(22)28)23-14(25)10-30-13-8-6-12(21)7-9-13/h6-9,15-16,18H,1,10H2,2-5H3,(H,23,25). The number of esters is 1. The van der Waals surface area contributed by atoms with Gasteiger partial charge in [-0.2, -0.15) is 0 Å². The number of rotatable bonds is 8. The van der Waals surface area contributed by atoms with E-state index in [2.05, 4.69) is 11.9 Å². The summed E-state index contributed by atoms with van der Waals surface area (Å²) in [6.45, 7) is 10.4. The third-order valence-electron chi connectivity index (χ3n) is 4.14. The molecule has 170 valence electrons. The second-order valence-electron chi connectivity index (χ2n) is 7.95. The van der Waals surface area contributed by atoms with Gasteiger partial charge in [0.1, 0.15) is 21.7 Å². The van der Waals surface area contributed by atoms with Gasteiger partial charge in [0.05, 0.1) is 5.75 Å². The summed E-state index contributed by atoms with van der Waals surface area (Å²) in [5, 5.41) is 2.05. The SMILES string of the molecule is C=C(C)C(C(=O)OC(C)(C)C)N1C(=O)C(NC(=O)CSc2ccc(Cl)cc2)C1S(=O)Cl. The van der Waals surface area contributed by atoms with Crippen LogP contribution in [0.5, 0.6) is 0 Å². The maximum atomic E-state index is 12.8. The van der Waals surface area contributed by atoms with Crippen molar-refractivity contribution in [2.75, 3.05) is 5.75 Å². The third-order valence-corrected chi connectivity index (χ3v) is 6.84. The molecule has 0 spiro atoms. The smallest absolute Gasteiger partial charge is 0.333 e. The number of carbonyl (C=O) groups excluding carboxylic acids is 3. The molecule has 1 aromatic rings. The van der Waals surface area contributed by atoms with Crippen molar-refractivity contribution in [2.24, 2.45) is 0 Å². The zero-order valence-electron chi connectivity index (χ0n) is 17.5. The lowest BCUT2D eigenvalue weighted by Gasteiger charge is -2.48. The lowest BCUT2D eigenvalue weighted by atomic mass is 9.99. The lowest BCUT2D eigenvalue weighted by molar-refractivity contribution is -0.169. The molecule has 7 nitrogen and oxygen atoms in total. The molecule has 1 N–H and O–H groups in total. The fraction of sp³-hybridized carbons (Fsp3) is 0.450. The van der Waals surface area contributed by atoms with Crippen molar-refractivity contribution in [2.45, 2.75) is 55.6 Å². The van der Waals surface area contributed by atoms with E-state index in [0.717, 1.165) is 9.80 Å². The van der Waals surface area contributed by atoms with Crippen LogP contribution in [0, 0.1) is 0 Å². The Labute approximate surface area is 197 Å². The molecule has 0 aromatic heterocycles. The van der Waals surface area contributed by atoms with Crippen molar-refractivity contribution >= 4 is 61.8 Å². The minimum Gasteiger partial charge on any atom is -0.458 e. The predicted molar refractivity (Wildman–Crippen MR) is 123 cm³/mol. The molecule has 0 radical (unpaired) electrons. The predicted octanol–water partition coefficient (Wildman–Crippen LogP) is 3.27. The molecule has 4 unspecified atom stereocenters. The molecule has 4 atom stereocenters. The van der Waals surface area contributed by atoms with Crippen LogP contribution in [0.4, 0.5) is 0 Å². The quantitative estimate of drug-likeness (QED) is 0.191. The van der Waals surface area contributed by atoms with Gasteiger partial charge in [0.2, 0.25) is 11.8 Å². The topological polar surface area (TPSA) is 92.8 Å². The van der Waals surface area contributed by atoms with Gasteiger partial charge in [-0.05, 0) is 68.2 Å². The van der Waals surface area contributed by atoms with Gasteiger partial charge in [-0.25, -0.2) is 9.00 Å². The van der Waals surface area contributed by atoms with Crippen molar-refractivity contribution in [1.82, 2.24) is 10.2 Å². The Hall–Kier alpha value is -1.55. The van der Waals surface area contributed by atoms with Crippen LogP contribution in [0.15, 0.2) is 41.3 Å². The van der Waals surface area contributed by atoms with Crippen LogP contribution in [-0.4, -0.2) is 55.7 Å². The molecule has 0 aliphatic carbocycles. The number of hydrogen-bond donors (Lipinski definition) is 1. The van der Waals surface area contributed by atoms with Crippen molar-refractivity contribution in [3.63, 3.8) is 0 Å². The fourth-order valence-corrected chi connectivity index (χ4v) is 5.10. The Morgan fingerprint density at radius 2 is 1.90 bits per heavy atom. The van der Waals surface area contributed by atoms with Gasteiger partial charge in [-0.3, -0.25) is 9.59 Å². The first-order valence-corrected chi connectivity index (χ1v) is 12.7. The fourth-order valence-electron chi connectivity index (χ4n) is 2.89. The Kier molecular flexibility index (Phi) is 8.61. The number of amides is 2. The van der Waals surface area contributed by atoms with E-state index in [1.54, 1.807) is 52.0 Å². The molecule has 1 fully saturated rings. The van der Waals surface area contributed by atoms with Crippen molar-refractivity contribution < 1.29 is 23.3 Å². The normalized spacial score (nSPS) is 20.5. The molecular formula is C20H24Cl2N2O5S2. The summed E-state index contributed by atoms with van der Waals surface area (Å²) in [5.74, 6) is -1.69. The van der Waals surface area contributed by atoms with Crippen molar-refractivity contribution in [3.05, 3.63) is 41.4 Å². The van der Waals surface area contributed by atoms with Gasteiger partial charge in [0.15, 0.2) is 11.4 Å². The zero-order chi connectivity index (χ0) is 23.5. The van der Waals surface area contributed by atoms with E-state index < -0.39 is 50.9 Å². The number of halogens is 2. The molecule has 11 heteroatoms. The highest BCUT2D eigenvalue weighted by molar-refractivity contribution is 8.08. The van der Waals surface area contributed by atoms with Crippen LogP contribution in [0.3, 0.4) is 0 Å². The van der Waals surface area contributed by atoms with Gasteiger partial charge in [-0.1, -0.05) is 18.2 Å². The summed E-state index contributed by atoms with van der Waals surface area (Å²) < 4.78 is 17.5. The van der Waals surface area contributed by atoms with Crippen LogP contribution < -0.4 is 5.32 Å². The second kappa shape index (κ2) is 10.4. The van der Waals surface area contributed by atoms with E-state index in [-0.39, 0.29) is 5.75 Å². The molecular weight excluding hydrogens is 483 g/mol. The van der Waals surface area contributed by atoms with Gasteiger partial charge in [0, 0.05) is 9.92 Å². The number of ether oxygens (including phenoxy) is 1. The molecule has 1 saturated heterocycles. The minimum atomic E-state index is -2.05. The van der Waals surface area contributed by atoms with E-state index in [4.69, 9.17) is 27.0 Å². The summed E-state index contributed by atoms with van der Waals surface area (Å²) in [6, 6.07) is 4.68. The summed E-state index contributed by atoms with van der Waals surface area (Å²) in [4.78, 5) is 39.7. The maximum Gasteiger partial charge on any atom is 0.333 e. The van der Waals surface area contributed by atoms with E-state index in [9.17, 15) is 18.6 Å². The largest absolute Gasteiger partial charge is 0.458 e. The average Bonchev–Trinajstić information content (AvgIpc) is 2.63. The van der Waals surface area contributed by atoms with Gasteiger partial charge < -0.3 is 15.0 Å². The Morgan fingerprint density at radius 3 is 2.39 bits per heavy atom. The number of carbonyl (C=O) groups is 3. The van der Waals surface area contributed by atoms with E-state index in [1.165, 1.54) is 11.8 Å². The molecule has 1 aliphatic heterocycles. The molecule has 1 aliphatic rings. The third kappa shape index (κ3) is 6.71. The first-order chi connectivity index (χ1) is 14.3. The van der Waals surface area contributed by atoms with Crippen molar-refractivity contribution in [3.8, 4) is 0 Å². The first kappa shape index (κ1) is 25.7. The maximum absolute atomic E-state index is 12.8. The average molecular weight is 507 g/mol. The summed E-state index contributed by atoms with van der Waals surface area (Å²) in [5.41, 5.74) is -0.460. The number of nitrogens with one attached hydrogen (secondary N) is 1. The molecule has 2 rings (SSSR count).